The summed E-state index contributed by atoms with van der Waals surface area (Å²) in [5.41, 5.74) is 16.9. The summed E-state index contributed by atoms with van der Waals surface area (Å²) < 4.78 is 68.2. The largest absolute Gasteiger partial charge is 0.399 e. The first-order chi connectivity index (χ1) is 47.4. The highest BCUT2D eigenvalue weighted by molar-refractivity contribution is 7.32. The van der Waals surface area contributed by atoms with E-state index in [0.29, 0.717) is 35.5 Å². The van der Waals surface area contributed by atoms with Gasteiger partial charge < -0.3 is 25.2 Å². The highest BCUT2D eigenvalue weighted by Crippen LogP contribution is 2.49. The quantitative estimate of drug-likeness (QED) is 0.0645. The monoisotopic (exact) mass is 1460 g/mol. The maximum Gasteiger partial charge on any atom is 0.389 e. The van der Waals surface area contributed by atoms with Crippen molar-refractivity contribution < 1.29 is 38.8 Å². The molecule has 0 radical (unpaired) electrons. The van der Waals surface area contributed by atoms with Crippen molar-refractivity contribution in [2.24, 2.45) is 35.5 Å². The Bertz CT molecular complexity index is 3910. The van der Waals surface area contributed by atoms with Gasteiger partial charge in [-0.3, -0.25) is 13.6 Å². The zero-order valence-corrected chi connectivity index (χ0v) is 72.5. The van der Waals surface area contributed by atoms with E-state index >= 15 is 0 Å². The molecule has 10 nitrogen and oxygen atoms in total. The van der Waals surface area contributed by atoms with Crippen LogP contribution in [-0.4, -0.2) is 23.6 Å². The molecule has 3 atom stereocenters. The van der Waals surface area contributed by atoms with E-state index in [1.165, 1.54) is 33.4 Å². The molecule has 0 N–H and O–H groups in total. The summed E-state index contributed by atoms with van der Waals surface area (Å²) >= 11 is 0. The molecule has 0 aliphatic heterocycles. The minimum atomic E-state index is -2.23. The number of rotatable bonds is 21. The summed E-state index contributed by atoms with van der Waals surface area (Å²) in [4.78, 5) is 2.11. The third-order valence-electron chi connectivity index (χ3n) is 19.4. The molecule has 0 fully saturated rings. The predicted molar refractivity (Wildman–Crippen MR) is 442 cm³/mol. The lowest BCUT2D eigenvalue weighted by atomic mass is 9.81. The van der Waals surface area contributed by atoms with E-state index in [9.17, 15) is 0 Å². The molecule has 3 unspecified atom stereocenters. The molecule has 103 heavy (non-hydrogen) atoms. The van der Waals surface area contributed by atoms with Gasteiger partial charge in [0.2, 0.25) is 0 Å². The van der Waals surface area contributed by atoms with Crippen molar-refractivity contribution in [2.45, 2.75) is 318 Å². The van der Waals surface area contributed by atoms with Crippen LogP contribution in [0.1, 0.15) is 295 Å². The van der Waals surface area contributed by atoms with Crippen molar-refractivity contribution in [3.05, 3.63) is 140 Å². The lowest BCUT2D eigenvalue weighted by molar-refractivity contribution is -0.0994. The Morgan fingerprint density at radius 2 is 0.379 bits per heavy atom. The van der Waals surface area contributed by atoms with E-state index in [0.717, 1.165) is 138 Å². The van der Waals surface area contributed by atoms with Gasteiger partial charge in [-0.25, -0.2) is 4.90 Å². The molecule has 9 aromatic rings. The molecule has 566 valence electrons. The van der Waals surface area contributed by atoms with Crippen LogP contribution in [0.2, 0.25) is 0 Å². The van der Waals surface area contributed by atoms with Crippen LogP contribution in [0.3, 0.4) is 0 Å². The average molecular weight is 1460 g/mol. The van der Waals surface area contributed by atoms with Gasteiger partial charge in [0.05, 0.1) is 0 Å². The smallest absolute Gasteiger partial charge is 0.389 e. The zero-order chi connectivity index (χ0) is 76.5. The Labute approximate surface area is 623 Å². The van der Waals surface area contributed by atoms with Crippen molar-refractivity contribution in [2.75, 3.05) is 0 Å². The van der Waals surface area contributed by atoms with Crippen molar-refractivity contribution in [3.63, 3.8) is 0 Å². The molecular formula is C90H132NO9P3. The molecule has 0 spiro atoms. The Balaban J connectivity index is 1.38. The Morgan fingerprint density at radius 1 is 0.243 bits per heavy atom. The van der Waals surface area contributed by atoms with E-state index in [2.05, 4.69) is 306 Å². The van der Waals surface area contributed by atoms with Gasteiger partial charge in [0.1, 0.15) is 52.2 Å². The second kappa shape index (κ2) is 31.2. The van der Waals surface area contributed by atoms with Crippen molar-refractivity contribution >= 4 is 90.5 Å². The summed E-state index contributed by atoms with van der Waals surface area (Å²) in [6, 6.07) is 28.3. The van der Waals surface area contributed by atoms with Crippen LogP contribution in [0, 0.1) is 35.5 Å². The van der Waals surface area contributed by atoms with Crippen LogP contribution in [0.15, 0.2) is 98.0 Å². The van der Waals surface area contributed by atoms with Crippen LogP contribution in [0.25, 0.3) is 65.8 Å². The average Bonchev–Trinajstić information content (AvgIpc) is 1.69. The first-order valence-corrected chi connectivity index (χ1v) is 42.0. The Kier molecular flexibility index (Phi) is 24.8. The summed E-state index contributed by atoms with van der Waals surface area (Å²) in [6.45, 7) is 74.7. The molecular weight excluding hydrogens is 1330 g/mol. The second-order valence-electron chi connectivity index (χ2n) is 39.0. The number of hydrogen-bond acceptors (Lipinski definition) is 10. The van der Waals surface area contributed by atoms with Crippen LogP contribution in [0.5, 0.6) is 0 Å². The summed E-state index contributed by atoms with van der Waals surface area (Å²) in [7, 11) is -6.70. The topological polar surface area (TPSA) is 110 Å². The SMILES string of the molecule is CC(C)Cc1cc(C(C)(C)C)c2op(OC(C)N(C(C)Op3oc4c(C(C)(C)C)cc(CC(C)C)cc4c4cc(CC(C)C)cc(C(C)(C)C)c4o3)C(C)Op3oc4c(C(C)(C)C)cc(CC(C)C)cc4c4cc(CC(C)C)cc(C(C)(C)C)c4o3)oc3c(C(C)(C)C)cc(CC(C)C)cc3c2c1. The van der Waals surface area contributed by atoms with Crippen LogP contribution < -0.4 is 13.6 Å². The van der Waals surface area contributed by atoms with E-state index in [1.807, 2.05) is 0 Å². The van der Waals surface area contributed by atoms with Crippen LogP contribution in [-0.2, 0) is 71.0 Å². The van der Waals surface area contributed by atoms with Gasteiger partial charge >= 0.3 is 24.7 Å². The summed E-state index contributed by atoms with van der Waals surface area (Å²) in [5.74, 6) is 2.60. The normalized spacial score (nSPS) is 14.3. The fourth-order valence-electron chi connectivity index (χ4n) is 14.9. The summed E-state index contributed by atoms with van der Waals surface area (Å²) in [6.07, 6.45) is 2.99. The predicted octanol–water partition coefficient (Wildman–Crippen LogP) is 28.5. The Hall–Kier alpha value is -5.14. The number of hydrogen-bond donors (Lipinski definition) is 0. The van der Waals surface area contributed by atoms with Crippen LogP contribution >= 0.6 is 24.7 Å². The molecule has 3 aromatic heterocycles. The molecule has 0 aliphatic carbocycles. The molecule has 0 saturated carbocycles. The van der Waals surface area contributed by atoms with Gasteiger partial charge in [-0.15, -0.1) is 0 Å². The molecule has 3 heterocycles. The molecule has 6 aromatic carbocycles. The number of nitrogens with zero attached hydrogens (tertiary/aromatic N) is 1. The first-order valence-electron chi connectivity index (χ1n) is 38.8. The fourth-order valence-corrected chi connectivity index (χ4v) is 18.4. The first kappa shape index (κ1) is 81.9. The Morgan fingerprint density at radius 3 is 0.495 bits per heavy atom. The molecule has 9 rings (SSSR count). The van der Waals surface area contributed by atoms with Crippen LogP contribution in [0.4, 0.5) is 0 Å². The molecule has 0 aliphatic rings. The lowest BCUT2D eigenvalue weighted by Gasteiger charge is -2.35. The van der Waals surface area contributed by atoms with Gasteiger partial charge in [-0.05, 0) is 197 Å². The van der Waals surface area contributed by atoms with E-state index in [-0.39, 0.29) is 32.5 Å². The molecule has 0 amide bonds. The van der Waals surface area contributed by atoms with E-state index in [4.69, 9.17) is 38.8 Å². The van der Waals surface area contributed by atoms with Gasteiger partial charge in [-0.2, -0.15) is 0 Å². The van der Waals surface area contributed by atoms with Crippen molar-refractivity contribution in [1.82, 2.24) is 4.90 Å². The summed E-state index contributed by atoms with van der Waals surface area (Å²) in [5, 5.41) is 6.12. The van der Waals surface area contributed by atoms with Gasteiger partial charge in [0, 0.05) is 65.7 Å². The van der Waals surface area contributed by atoms with Gasteiger partial charge in [-0.1, -0.05) is 244 Å². The van der Waals surface area contributed by atoms with Gasteiger partial charge in [0.15, 0.2) is 0 Å². The van der Waals surface area contributed by atoms with Gasteiger partial charge in [0.25, 0.3) is 0 Å². The molecule has 0 saturated heterocycles. The minimum Gasteiger partial charge on any atom is -0.399 e. The van der Waals surface area contributed by atoms with Crippen molar-refractivity contribution in [1.29, 1.82) is 0 Å². The van der Waals surface area contributed by atoms with E-state index in [1.54, 1.807) is 0 Å². The maximum atomic E-state index is 7.64. The minimum absolute atomic E-state index is 0.319. The lowest BCUT2D eigenvalue weighted by Crippen LogP contribution is -2.52. The molecule has 0 bridgehead atoms. The van der Waals surface area contributed by atoms with Crippen molar-refractivity contribution in [3.8, 4) is 0 Å². The molecule has 13 heteroatoms. The third kappa shape index (κ3) is 19.6. The highest BCUT2D eigenvalue weighted by Gasteiger charge is 2.36. The fraction of sp³-hybridized carbons (Fsp3) is 0.600. The second-order valence-corrected chi connectivity index (χ2v) is 42.1. The standard InChI is InChI=1S/C90H132NO9P3/c1-52(2)34-61-40-67-68-41-62(35-53(3)4)47-74(86(19,20)21)80(68)96-101(95-79(67)73(46-61)85(16,17)18)92-58(13)91(59(14)93-102-97-81-69(42-63(36-54(5)6)48-75(81)87(22,23)24)70-43-64(37-55(7)8)49-76(82(70)98-102)88(25,26)27)60(15)94-103-99-83-71(44-65(38-56(9)10)50-77(83)89(28,29)30)72-45-66(39-57(11)12)51-78(84(72)100-103)90(31,32)33/h40-60H,34-39H2,1-33H3. The zero-order valence-electron chi connectivity index (χ0n) is 69.8. The third-order valence-corrected chi connectivity index (χ3v) is 22.9. The highest BCUT2D eigenvalue weighted by atomic mass is 31.1. The van der Waals surface area contributed by atoms with E-state index < -0.39 is 43.4 Å². The number of benzene rings is 6. The number of fused-ring (bicyclic) bond motifs is 9. The maximum absolute atomic E-state index is 7.64.